The molecule has 122 valence electrons. The second kappa shape index (κ2) is 8.16. The Balaban J connectivity index is 1.43. The van der Waals surface area contributed by atoms with Crippen LogP contribution in [0.15, 0.2) is 54.6 Å². The first-order valence-electron chi connectivity index (χ1n) is 8.72. The van der Waals surface area contributed by atoms with E-state index in [2.05, 4.69) is 24.3 Å². The van der Waals surface area contributed by atoms with Gasteiger partial charge in [-0.15, -0.1) is 0 Å². The number of aryl methyl sites for hydroxylation is 1. The Hall–Kier alpha value is -1.80. The predicted octanol–water partition coefficient (Wildman–Crippen LogP) is 4.57. The van der Waals surface area contributed by atoms with E-state index in [-0.39, 0.29) is 0 Å². The van der Waals surface area contributed by atoms with Crippen LogP contribution in [0.4, 0.5) is 0 Å². The van der Waals surface area contributed by atoms with E-state index in [9.17, 15) is 5.11 Å². The monoisotopic (exact) mass is 310 g/mol. The lowest BCUT2D eigenvalue weighted by Gasteiger charge is -2.11. The standard InChI is InChI=1S/C21H26O2/c22-16-18-10-13-20(15-18)19-11-8-17(9-12-19)5-4-14-23-21-6-2-1-3-7-21/h1-3,6-9,11-12,18,20,22H,4-5,10,13-16H2. The third-order valence-corrected chi connectivity index (χ3v) is 4.87. The average molecular weight is 310 g/mol. The van der Waals surface area contributed by atoms with Gasteiger partial charge >= 0.3 is 0 Å². The van der Waals surface area contributed by atoms with Gasteiger partial charge in [-0.2, -0.15) is 0 Å². The zero-order valence-corrected chi connectivity index (χ0v) is 13.7. The number of ether oxygens (including phenoxy) is 1. The van der Waals surface area contributed by atoms with Gasteiger partial charge < -0.3 is 9.84 Å². The molecule has 1 saturated carbocycles. The van der Waals surface area contributed by atoms with Crippen molar-refractivity contribution in [3.8, 4) is 5.75 Å². The van der Waals surface area contributed by atoms with E-state index in [1.165, 1.54) is 24.0 Å². The van der Waals surface area contributed by atoms with Crippen LogP contribution in [0, 0.1) is 5.92 Å². The van der Waals surface area contributed by atoms with E-state index < -0.39 is 0 Å². The molecular formula is C21H26O2. The molecule has 0 aromatic heterocycles. The Morgan fingerprint density at radius 2 is 1.74 bits per heavy atom. The summed E-state index contributed by atoms with van der Waals surface area (Å²) < 4.78 is 5.73. The number of hydrogen-bond donors (Lipinski definition) is 1. The smallest absolute Gasteiger partial charge is 0.119 e. The molecule has 2 aromatic rings. The van der Waals surface area contributed by atoms with Gasteiger partial charge in [0.05, 0.1) is 6.61 Å². The molecule has 0 spiro atoms. The van der Waals surface area contributed by atoms with Crippen LogP contribution < -0.4 is 4.74 Å². The topological polar surface area (TPSA) is 29.5 Å². The molecule has 2 nitrogen and oxygen atoms in total. The van der Waals surface area contributed by atoms with Crippen molar-refractivity contribution in [3.63, 3.8) is 0 Å². The lowest BCUT2D eigenvalue weighted by atomic mass is 9.95. The maximum Gasteiger partial charge on any atom is 0.119 e. The van der Waals surface area contributed by atoms with Gasteiger partial charge in [-0.05, 0) is 67.2 Å². The molecule has 1 N–H and O–H groups in total. The summed E-state index contributed by atoms with van der Waals surface area (Å²) in [5.41, 5.74) is 2.81. The molecule has 0 bridgehead atoms. The quantitative estimate of drug-likeness (QED) is 0.759. The summed E-state index contributed by atoms with van der Waals surface area (Å²) in [5, 5.41) is 9.27. The first-order chi connectivity index (χ1) is 11.3. The molecule has 2 unspecified atom stereocenters. The number of aliphatic hydroxyl groups is 1. The van der Waals surface area contributed by atoms with Crippen molar-refractivity contribution >= 4 is 0 Å². The Morgan fingerprint density at radius 1 is 0.957 bits per heavy atom. The van der Waals surface area contributed by atoms with Crippen LogP contribution in [-0.2, 0) is 6.42 Å². The minimum absolute atomic E-state index is 0.343. The lowest BCUT2D eigenvalue weighted by Crippen LogP contribution is -2.01. The molecule has 0 amide bonds. The van der Waals surface area contributed by atoms with Crippen molar-refractivity contribution in [2.24, 2.45) is 5.92 Å². The molecule has 1 aliphatic carbocycles. The molecule has 0 heterocycles. The number of rotatable bonds is 7. The highest BCUT2D eigenvalue weighted by atomic mass is 16.5. The van der Waals surface area contributed by atoms with Gasteiger partial charge in [0.1, 0.15) is 5.75 Å². The normalized spacial score (nSPS) is 20.6. The number of para-hydroxylation sites is 1. The number of aliphatic hydroxyl groups excluding tert-OH is 1. The van der Waals surface area contributed by atoms with Crippen LogP contribution in [0.1, 0.15) is 42.7 Å². The second-order valence-corrected chi connectivity index (χ2v) is 6.57. The van der Waals surface area contributed by atoms with Crippen LogP contribution in [-0.4, -0.2) is 18.3 Å². The summed E-state index contributed by atoms with van der Waals surface area (Å²) in [5.74, 6) is 2.10. The molecule has 1 aliphatic rings. The van der Waals surface area contributed by atoms with Crippen LogP contribution in [0.5, 0.6) is 5.75 Å². The van der Waals surface area contributed by atoms with Crippen LogP contribution in [0.3, 0.4) is 0 Å². The van der Waals surface area contributed by atoms with Gasteiger partial charge in [-0.3, -0.25) is 0 Å². The van der Waals surface area contributed by atoms with E-state index in [1.807, 2.05) is 30.3 Å². The number of hydrogen-bond acceptors (Lipinski definition) is 2. The van der Waals surface area contributed by atoms with Crippen molar-refractivity contribution in [1.82, 2.24) is 0 Å². The maximum atomic E-state index is 9.27. The summed E-state index contributed by atoms with van der Waals surface area (Å²) in [4.78, 5) is 0. The van der Waals surface area contributed by atoms with Gasteiger partial charge in [0.15, 0.2) is 0 Å². The molecule has 2 heteroatoms. The lowest BCUT2D eigenvalue weighted by molar-refractivity contribution is 0.229. The predicted molar refractivity (Wildman–Crippen MR) is 93.9 cm³/mol. The Morgan fingerprint density at radius 3 is 2.43 bits per heavy atom. The molecule has 23 heavy (non-hydrogen) atoms. The molecule has 3 rings (SSSR count). The van der Waals surface area contributed by atoms with Crippen LogP contribution >= 0.6 is 0 Å². The first kappa shape index (κ1) is 16.1. The summed E-state index contributed by atoms with van der Waals surface area (Å²) >= 11 is 0. The summed E-state index contributed by atoms with van der Waals surface area (Å²) in [7, 11) is 0. The van der Waals surface area contributed by atoms with Crippen molar-refractivity contribution in [1.29, 1.82) is 0 Å². The van der Waals surface area contributed by atoms with Gasteiger partial charge in [0.25, 0.3) is 0 Å². The van der Waals surface area contributed by atoms with E-state index in [0.29, 0.717) is 18.4 Å². The van der Waals surface area contributed by atoms with Crippen molar-refractivity contribution < 1.29 is 9.84 Å². The summed E-state index contributed by atoms with van der Waals surface area (Å²) in [6, 6.07) is 19.0. The Labute approximate surface area is 139 Å². The molecule has 0 radical (unpaired) electrons. The fraction of sp³-hybridized carbons (Fsp3) is 0.429. The Kier molecular flexibility index (Phi) is 5.71. The summed E-state index contributed by atoms with van der Waals surface area (Å²) in [6.07, 6.45) is 5.61. The zero-order chi connectivity index (χ0) is 15.9. The van der Waals surface area contributed by atoms with Crippen molar-refractivity contribution in [2.75, 3.05) is 13.2 Å². The van der Waals surface area contributed by atoms with Crippen molar-refractivity contribution in [3.05, 3.63) is 65.7 Å². The molecule has 2 atom stereocenters. The molecule has 0 aliphatic heterocycles. The highest BCUT2D eigenvalue weighted by molar-refractivity contribution is 5.26. The molecular weight excluding hydrogens is 284 g/mol. The zero-order valence-electron chi connectivity index (χ0n) is 13.7. The minimum atomic E-state index is 0.343. The van der Waals surface area contributed by atoms with Crippen LogP contribution in [0.2, 0.25) is 0 Å². The van der Waals surface area contributed by atoms with Crippen LogP contribution in [0.25, 0.3) is 0 Å². The molecule has 1 fully saturated rings. The van der Waals surface area contributed by atoms with E-state index in [1.54, 1.807) is 0 Å². The SMILES string of the molecule is OCC1CCC(c2ccc(CCCOc3ccccc3)cc2)C1. The molecule has 2 aromatic carbocycles. The second-order valence-electron chi connectivity index (χ2n) is 6.57. The Bertz CT molecular complexity index is 577. The highest BCUT2D eigenvalue weighted by Crippen LogP contribution is 2.37. The van der Waals surface area contributed by atoms with Gasteiger partial charge in [0.2, 0.25) is 0 Å². The summed E-state index contributed by atoms with van der Waals surface area (Å²) in [6.45, 7) is 1.10. The maximum absolute atomic E-state index is 9.27. The highest BCUT2D eigenvalue weighted by Gasteiger charge is 2.24. The van der Waals surface area contributed by atoms with Crippen molar-refractivity contribution in [2.45, 2.75) is 38.0 Å². The largest absolute Gasteiger partial charge is 0.494 e. The third kappa shape index (κ3) is 4.59. The van der Waals surface area contributed by atoms with Gasteiger partial charge in [-0.1, -0.05) is 42.5 Å². The fourth-order valence-corrected chi connectivity index (χ4v) is 3.48. The third-order valence-electron chi connectivity index (χ3n) is 4.87. The van der Waals surface area contributed by atoms with Gasteiger partial charge in [0, 0.05) is 6.61 Å². The average Bonchev–Trinajstić information content (AvgIpc) is 3.09. The number of benzene rings is 2. The minimum Gasteiger partial charge on any atom is -0.494 e. The van der Waals surface area contributed by atoms with E-state index in [4.69, 9.17) is 4.74 Å². The van der Waals surface area contributed by atoms with Gasteiger partial charge in [-0.25, -0.2) is 0 Å². The molecule has 0 saturated heterocycles. The van der Waals surface area contributed by atoms with E-state index >= 15 is 0 Å². The van der Waals surface area contributed by atoms with E-state index in [0.717, 1.165) is 31.6 Å². The first-order valence-corrected chi connectivity index (χ1v) is 8.72. The fourth-order valence-electron chi connectivity index (χ4n) is 3.48.